The van der Waals surface area contributed by atoms with Crippen molar-refractivity contribution in [1.29, 1.82) is 0 Å². The van der Waals surface area contributed by atoms with Crippen molar-refractivity contribution in [2.24, 2.45) is 5.73 Å². The van der Waals surface area contributed by atoms with E-state index in [1.165, 1.54) is 16.7 Å². The highest BCUT2D eigenvalue weighted by Gasteiger charge is 2.16. The second kappa shape index (κ2) is 8.08. The van der Waals surface area contributed by atoms with Crippen LogP contribution in [0.5, 0.6) is 0 Å². The number of allylic oxidation sites excluding steroid dienone is 4. The van der Waals surface area contributed by atoms with E-state index in [4.69, 9.17) is 10.5 Å². The zero-order chi connectivity index (χ0) is 15.1. The number of rotatable bonds is 6. The molecule has 0 fully saturated rings. The molecule has 0 heterocycles. The summed E-state index contributed by atoms with van der Waals surface area (Å²) >= 11 is 0. The van der Waals surface area contributed by atoms with E-state index in [0.29, 0.717) is 13.0 Å². The average Bonchev–Trinajstić information content (AvgIpc) is 2.45. The molecular formula is C17H27NO2. The molecule has 3 heteroatoms. The summed E-state index contributed by atoms with van der Waals surface area (Å²) in [5.41, 5.74) is 10.8. The minimum atomic E-state index is -0.475. The zero-order valence-electron chi connectivity index (χ0n) is 12.9. The highest BCUT2D eigenvalue weighted by atomic mass is 16.5. The van der Waals surface area contributed by atoms with E-state index >= 15 is 0 Å². The number of hydrogen-bond donors (Lipinski definition) is 2. The van der Waals surface area contributed by atoms with E-state index in [0.717, 1.165) is 30.6 Å². The molecule has 1 aliphatic carbocycles. The van der Waals surface area contributed by atoms with Crippen LogP contribution in [0, 0.1) is 0 Å². The molecule has 0 aromatic heterocycles. The molecule has 0 spiro atoms. The lowest BCUT2D eigenvalue weighted by Crippen LogP contribution is -2.13. The normalized spacial score (nSPS) is 18.4. The molecule has 0 aromatic rings. The highest BCUT2D eigenvalue weighted by Crippen LogP contribution is 2.29. The quantitative estimate of drug-likeness (QED) is 0.733. The van der Waals surface area contributed by atoms with Crippen LogP contribution < -0.4 is 5.73 Å². The fraction of sp³-hybridized carbons (Fsp3) is 0.529. The summed E-state index contributed by atoms with van der Waals surface area (Å²) in [6.45, 7) is 8.36. The molecule has 1 rings (SSSR count). The minimum absolute atomic E-state index is 0.464. The molecule has 0 amide bonds. The Labute approximate surface area is 122 Å². The fourth-order valence-electron chi connectivity index (χ4n) is 2.41. The first-order chi connectivity index (χ1) is 9.53. The van der Waals surface area contributed by atoms with E-state index in [-0.39, 0.29) is 0 Å². The van der Waals surface area contributed by atoms with Crippen LogP contribution in [0.15, 0.2) is 46.8 Å². The summed E-state index contributed by atoms with van der Waals surface area (Å²) in [6.07, 6.45) is 6.59. The van der Waals surface area contributed by atoms with Gasteiger partial charge in [-0.3, -0.25) is 0 Å². The number of ether oxygens (including phenoxy) is 1. The molecule has 0 bridgehead atoms. The molecule has 0 aliphatic heterocycles. The van der Waals surface area contributed by atoms with Crippen molar-refractivity contribution in [3.8, 4) is 0 Å². The topological polar surface area (TPSA) is 55.5 Å². The van der Waals surface area contributed by atoms with Crippen molar-refractivity contribution in [1.82, 2.24) is 0 Å². The van der Waals surface area contributed by atoms with Crippen LogP contribution >= 0.6 is 0 Å². The third-order valence-corrected chi connectivity index (χ3v) is 3.95. The number of nitrogens with two attached hydrogens (primary N) is 1. The van der Waals surface area contributed by atoms with Crippen LogP contribution in [-0.2, 0) is 4.74 Å². The van der Waals surface area contributed by atoms with Gasteiger partial charge < -0.3 is 15.6 Å². The summed E-state index contributed by atoms with van der Waals surface area (Å²) in [5.74, 6) is 0.971. The lowest BCUT2D eigenvalue weighted by molar-refractivity contribution is 0.213. The molecule has 3 N–H and O–H groups in total. The molecule has 20 heavy (non-hydrogen) atoms. The van der Waals surface area contributed by atoms with Gasteiger partial charge in [0.2, 0.25) is 0 Å². The molecule has 1 unspecified atom stereocenters. The predicted molar refractivity (Wildman–Crippen MR) is 84.2 cm³/mol. The number of hydrogen-bond acceptors (Lipinski definition) is 3. The molecule has 0 saturated carbocycles. The van der Waals surface area contributed by atoms with Crippen molar-refractivity contribution in [3.63, 3.8) is 0 Å². The van der Waals surface area contributed by atoms with Gasteiger partial charge in [-0.25, -0.2) is 0 Å². The summed E-state index contributed by atoms with van der Waals surface area (Å²) in [7, 11) is 1.70. The largest absolute Gasteiger partial charge is 0.501 e. The molecular weight excluding hydrogens is 250 g/mol. The van der Waals surface area contributed by atoms with Crippen molar-refractivity contribution in [3.05, 3.63) is 46.8 Å². The van der Waals surface area contributed by atoms with Crippen LogP contribution in [0.1, 0.15) is 39.5 Å². The Kier molecular flexibility index (Phi) is 6.76. The maximum absolute atomic E-state index is 9.68. The van der Waals surface area contributed by atoms with Crippen LogP contribution in [-0.4, -0.2) is 24.9 Å². The van der Waals surface area contributed by atoms with Gasteiger partial charge in [-0.05, 0) is 38.7 Å². The van der Waals surface area contributed by atoms with E-state index < -0.39 is 6.10 Å². The average molecular weight is 277 g/mol. The van der Waals surface area contributed by atoms with Gasteiger partial charge in [0.15, 0.2) is 0 Å². The Morgan fingerprint density at radius 2 is 2.15 bits per heavy atom. The van der Waals surface area contributed by atoms with Crippen LogP contribution in [0.4, 0.5) is 0 Å². The molecule has 112 valence electrons. The van der Waals surface area contributed by atoms with Crippen molar-refractivity contribution in [2.45, 2.75) is 45.6 Å². The number of aliphatic hydroxyl groups excluding tert-OH is 1. The third kappa shape index (κ3) is 4.36. The zero-order valence-corrected chi connectivity index (χ0v) is 12.9. The monoisotopic (exact) mass is 277 g/mol. The summed E-state index contributed by atoms with van der Waals surface area (Å²) in [6, 6.07) is 0. The Balaban J connectivity index is 3.12. The van der Waals surface area contributed by atoms with Gasteiger partial charge >= 0.3 is 0 Å². The highest BCUT2D eigenvalue weighted by molar-refractivity contribution is 5.42. The molecule has 0 saturated heterocycles. The predicted octanol–water partition coefficient (Wildman–Crippen LogP) is 3.23. The lowest BCUT2D eigenvalue weighted by Gasteiger charge is -2.20. The Hall–Kier alpha value is -1.32. The molecule has 3 nitrogen and oxygen atoms in total. The molecule has 1 aliphatic rings. The third-order valence-electron chi connectivity index (χ3n) is 3.95. The Morgan fingerprint density at radius 3 is 2.70 bits per heavy atom. The van der Waals surface area contributed by atoms with Gasteiger partial charge in [0, 0.05) is 18.5 Å². The summed E-state index contributed by atoms with van der Waals surface area (Å²) in [5, 5.41) is 9.68. The maximum Gasteiger partial charge on any atom is 0.101 e. The van der Waals surface area contributed by atoms with Crippen molar-refractivity contribution < 1.29 is 9.84 Å². The van der Waals surface area contributed by atoms with Gasteiger partial charge in [-0.2, -0.15) is 0 Å². The van der Waals surface area contributed by atoms with E-state index in [1.54, 1.807) is 13.2 Å². The lowest BCUT2D eigenvalue weighted by atomic mass is 9.90. The molecule has 0 radical (unpaired) electrons. The Morgan fingerprint density at radius 1 is 1.45 bits per heavy atom. The van der Waals surface area contributed by atoms with E-state index in [2.05, 4.69) is 26.5 Å². The van der Waals surface area contributed by atoms with Gasteiger partial charge in [0.05, 0.1) is 13.2 Å². The van der Waals surface area contributed by atoms with Gasteiger partial charge in [-0.1, -0.05) is 23.3 Å². The SMILES string of the molecule is C=CC(O)CCC1=CC(C)=C(C)CCC(OC)=C1CN. The first-order valence-corrected chi connectivity index (χ1v) is 7.17. The van der Waals surface area contributed by atoms with Gasteiger partial charge in [0.25, 0.3) is 0 Å². The number of aliphatic hydroxyl groups is 1. The smallest absolute Gasteiger partial charge is 0.101 e. The second-order valence-electron chi connectivity index (χ2n) is 5.28. The van der Waals surface area contributed by atoms with E-state index in [9.17, 15) is 5.11 Å². The van der Waals surface area contributed by atoms with Crippen molar-refractivity contribution in [2.75, 3.05) is 13.7 Å². The molecule has 0 aromatic carbocycles. The standard InChI is InChI=1S/C17H27NO2/c1-5-15(19)8-7-14-10-13(3)12(2)6-9-17(20-4)16(14)11-18/h5,10,15,19H,1,6-9,11,18H2,2-4H3. The van der Waals surface area contributed by atoms with E-state index in [1.807, 2.05) is 0 Å². The minimum Gasteiger partial charge on any atom is -0.501 e. The number of methoxy groups -OCH3 is 1. The van der Waals surface area contributed by atoms with Gasteiger partial charge in [0.1, 0.15) is 5.76 Å². The van der Waals surface area contributed by atoms with Crippen LogP contribution in [0.3, 0.4) is 0 Å². The first kappa shape index (κ1) is 16.7. The van der Waals surface area contributed by atoms with Gasteiger partial charge in [-0.15, -0.1) is 6.58 Å². The van der Waals surface area contributed by atoms with Crippen LogP contribution in [0.2, 0.25) is 0 Å². The Bertz CT molecular complexity index is 444. The first-order valence-electron chi connectivity index (χ1n) is 7.17. The second-order valence-corrected chi connectivity index (χ2v) is 5.28. The fourth-order valence-corrected chi connectivity index (χ4v) is 2.41. The maximum atomic E-state index is 9.68. The van der Waals surface area contributed by atoms with Crippen LogP contribution in [0.25, 0.3) is 0 Å². The summed E-state index contributed by atoms with van der Waals surface area (Å²) < 4.78 is 5.53. The molecule has 1 atom stereocenters. The van der Waals surface area contributed by atoms with Crippen molar-refractivity contribution >= 4 is 0 Å². The summed E-state index contributed by atoms with van der Waals surface area (Å²) in [4.78, 5) is 0.